The molecule has 0 aliphatic heterocycles. The van der Waals surface area contributed by atoms with Crippen molar-refractivity contribution in [2.45, 2.75) is 6.42 Å². The molecule has 3 nitrogen and oxygen atoms in total. The summed E-state index contributed by atoms with van der Waals surface area (Å²) >= 11 is 9.31. The molecule has 0 atom stereocenters. The van der Waals surface area contributed by atoms with Crippen molar-refractivity contribution in [3.63, 3.8) is 0 Å². The molecule has 88 valence electrons. The molecular weight excluding hydrogens is 302 g/mol. The number of aromatic nitrogens is 2. The quantitative estimate of drug-likeness (QED) is 0.942. The number of hydrogen-bond acceptors (Lipinski definition) is 3. The fourth-order valence-corrected chi connectivity index (χ4v) is 2.10. The van der Waals surface area contributed by atoms with Crippen LogP contribution in [0, 0.1) is 0 Å². The molecule has 2 aromatic rings. The van der Waals surface area contributed by atoms with Crippen molar-refractivity contribution in [2.75, 3.05) is 12.4 Å². The molecule has 1 aromatic carbocycles. The summed E-state index contributed by atoms with van der Waals surface area (Å²) in [6, 6.07) is 7.71. The van der Waals surface area contributed by atoms with Crippen LogP contribution in [-0.2, 0) is 6.42 Å². The van der Waals surface area contributed by atoms with Crippen LogP contribution in [0.25, 0.3) is 0 Å². The third-order valence-electron chi connectivity index (χ3n) is 2.28. The summed E-state index contributed by atoms with van der Waals surface area (Å²) in [7, 11) is 1.83. The Bertz CT molecular complexity index is 531. The minimum atomic E-state index is 0.669. The van der Waals surface area contributed by atoms with E-state index in [1.54, 1.807) is 6.20 Å². The Morgan fingerprint density at radius 1 is 1.41 bits per heavy atom. The summed E-state index contributed by atoms with van der Waals surface area (Å²) < 4.78 is 0.856. The first kappa shape index (κ1) is 12.3. The minimum Gasteiger partial charge on any atom is -0.372 e. The van der Waals surface area contributed by atoms with Crippen molar-refractivity contribution in [3.8, 4) is 0 Å². The first-order valence-electron chi connectivity index (χ1n) is 5.12. The maximum atomic E-state index is 5.93. The molecule has 2 rings (SSSR count). The average molecular weight is 313 g/mol. The fraction of sp³-hybridized carbons (Fsp3) is 0.167. The van der Waals surface area contributed by atoms with Crippen molar-refractivity contribution in [1.29, 1.82) is 0 Å². The molecule has 1 heterocycles. The van der Waals surface area contributed by atoms with Gasteiger partial charge in [0, 0.05) is 24.7 Å². The Labute approximate surface area is 113 Å². The second kappa shape index (κ2) is 5.47. The lowest BCUT2D eigenvalue weighted by molar-refractivity contribution is 0.963. The van der Waals surface area contributed by atoms with E-state index in [4.69, 9.17) is 11.6 Å². The van der Waals surface area contributed by atoms with E-state index in [-0.39, 0.29) is 0 Å². The van der Waals surface area contributed by atoms with Crippen LogP contribution in [0.5, 0.6) is 0 Å². The van der Waals surface area contributed by atoms with Crippen LogP contribution in [-0.4, -0.2) is 17.0 Å². The molecular formula is C12H11BrClN3. The molecule has 0 bridgehead atoms. The molecule has 1 N–H and O–H groups in total. The van der Waals surface area contributed by atoms with Gasteiger partial charge >= 0.3 is 0 Å². The average Bonchev–Trinajstić information content (AvgIpc) is 2.32. The van der Waals surface area contributed by atoms with Crippen molar-refractivity contribution in [1.82, 2.24) is 9.97 Å². The first-order chi connectivity index (χ1) is 8.19. The van der Waals surface area contributed by atoms with Gasteiger partial charge in [-0.15, -0.1) is 0 Å². The maximum absolute atomic E-state index is 5.93. The Hall–Kier alpha value is -1.13. The van der Waals surface area contributed by atoms with Crippen LogP contribution >= 0.6 is 27.5 Å². The van der Waals surface area contributed by atoms with Crippen molar-refractivity contribution in [2.24, 2.45) is 0 Å². The van der Waals surface area contributed by atoms with Crippen LogP contribution in [0.1, 0.15) is 11.4 Å². The molecule has 1 aromatic heterocycles. The molecule has 0 unspecified atom stereocenters. The topological polar surface area (TPSA) is 37.8 Å². The number of hydrogen-bond donors (Lipinski definition) is 1. The number of nitrogens with one attached hydrogen (secondary N) is 1. The molecule has 0 aliphatic carbocycles. The van der Waals surface area contributed by atoms with Gasteiger partial charge in [0.15, 0.2) is 0 Å². The van der Waals surface area contributed by atoms with Gasteiger partial charge in [-0.2, -0.15) is 0 Å². The maximum Gasteiger partial charge on any atom is 0.143 e. The third-order valence-corrected chi connectivity index (χ3v) is 3.10. The summed E-state index contributed by atoms with van der Waals surface area (Å²) in [5, 5.41) is 3.74. The highest BCUT2D eigenvalue weighted by Crippen LogP contribution is 2.19. The summed E-state index contributed by atoms with van der Waals surface area (Å²) in [5.74, 6) is 1.55. The highest BCUT2D eigenvalue weighted by atomic mass is 79.9. The predicted octanol–water partition coefficient (Wildman–Crippen LogP) is 3.53. The van der Waals surface area contributed by atoms with Gasteiger partial charge in [-0.1, -0.05) is 23.7 Å². The Kier molecular flexibility index (Phi) is 3.97. The second-order valence-electron chi connectivity index (χ2n) is 3.54. The molecule has 0 amide bonds. The normalized spacial score (nSPS) is 10.3. The van der Waals surface area contributed by atoms with Gasteiger partial charge in [0.25, 0.3) is 0 Å². The molecule has 0 spiro atoms. The zero-order valence-electron chi connectivity index (χ0n) is 9.24. The van der Waals surface area contributed by atoms with Crippen LogP contribution in [0.4, 0.5) is 5.82 Å². The summed E-state index contributed by atoms with van der Waals surface area (Å²) in [6.45, 7) is 0. The van der Waals surface area contributed by atoms with Gasteiger partial charge < -0.3 is 5.32 Å². The van der Waals surface area contributed by atoms with E-state index in [0.717, 1.165) is 26.7 Å². The standard InChI is InChI=1S/C12H11BrClN3/c1-15-12-10(13)7-16-11(17-12)6-8-3-2-4-9(14)5-8/h2-5,7H,6H2,1H3,(H,15,16,17). The number of rotatable bonds is 3. The zero-order valence-corrected chi connectivity index (χ0v) is 11.6. The largest absolute Gasteiger partial charge is 0.372 e. The predicted molar refractivity (Wildman–Crippen MR) is 73.5 cm³/mol. The van der Waals surface area contributed by atoms with Crippen molar-refractivity contribution in [3.05, 3.63) is 51.3 Å². The molecule has 5 heteroatoms. The van der Waals surface area contributed by atoms with E-state index in [0.29, 0.717) is 6.42 Å². The van der Waals surface area contributed by atoms with Gasteiger partial charge in [-0.05, 0) is 33.6 Å². The lowest BCUT2D eigenvalue weighted by Crippen LogP contribution is -2.01. The van der Waals surface area contributed by atoms with Crippen molar-refractivity contribution >= 4 is 33.3 Å². The molecule has 0 fully saturated rings. The van der Waals surface area contributed by atoms with Gasteiger partial charge in [0.2, 0.25) is 0 Å². The lowest BCUT2D eigenvalue weighted by Gasteiger charge is -2.05. The van der Waals surface area contributed by atoms with E-state index in [1.807, 2.05) is 31.3 Å². The summed E-state index contributed by atoms with van der Waals surface area (Å²) in [4.78, 5) is 8.67. The van der Waals surface area contributed by atoms with E-state index in [2.05, 4.69) is 31.2 Å². The molecule has 0 aliphatic rings. The lowest BCUT2D eigenvalue weighted by atomic mass is 10.1. The Balaban J connectivity index is 2.24. The summed E-state index contributed by atoms with van der Waals surface area (Å²) in [6.07, 6.45) is 2.42. The van der Waals surface area contributed by atoms with Crippen LogP contribution in [0.3, 0.4) is 0 Å². The minimum absolute atomic E-state index is 0.669. The second-order valence-corrected chi connectivity index (χ2v) is 4.83. The van der Waals surface area contributed by atoms with Gasteiger partial charge in [-0.25, -0.2) is 9.97 Å². The Morgan fingerprint density at radius 3 is 2.94 bits per heavy atom. The SMILES string of the molecule is CNc1nc(Cc2cccc(Cl)c2)ncc1Br. The number of anilines is 1. The molecule has 17 heavy (non-hydrogen) atoms. The highest BCUT2D eigenvalue weighted by Gasteiger charge is 2.04. The smallest absolute Gasteiger partial charge is 0.143 e. The van der Waals surface area contributed by atoms with Crippen LogP contribution in [0.15, 0.2) is 34.9 Å². The van der Waals surface area contributed by atoms with E-state index in [1.165, 1.54) is 0 Å². The van der Waals surface area contributed by atoms with Crippen molar-refractivity contribution < 1.29 is 0 Å². The van der Waals surface area contributed by atoms with Crippen LogP contribution < -0.4 is 5.32 Å². The number of benzene rings is 1. The molecule has 0 saturated carbocycles. The monoisotopic (exact) mass is 311 g/mol. The molecule has 0 saturated heterocycles. The van der Waals surface area contributed by atoms with Crippen LogP contribution in [0.2, 0.25) is 5.02 Å². The zero-order chi connectivity index (χ0) is 12.3. The first-order valence-corrected chi connectivity index (χ1v) is 6.30. The third kappa shape index (κ3) is 3.17. The van der Waals surface area contributed by atoms with Gasteiger partial charge in [0.1, 0.15) is 11.6 Å². The number of nitrogens with zero attached hydrogens (tertiary/aromatic N) is 2. The highest BCUT2D eigenvalue weighted by molar-refractivity contribution is 9.10. The van der Waals surface area contributed by atoms with E-state index < -0.39 is 0 Å². The molecule has 0 radical (unpaired) electrons. The van der Waals surface area contributed by atoms with Gasteiger partial charge in [-0.3, -0.25) is 0 Å². The Morgan fingerprint density at radius 2 is 2.24 bits per heavy atom. The van der Waals surface area contributed by atoms with E-state index >= 15 is 0 Å². The number of halogens is 2. The van der Waals surface area contributed by atoms with E-state index in [9.17, 15) is 0 Å². The van der Waals surface area contributed by atoms with Gasteiger partial charge in [0.05, 0.1) is 4.47 Å². The fourth-order valence-electron chi connectivity index (χ4n) is 1.49. The summed E-state index contributed by atoms with van der Waals surface area (Å²) in [5.41, 5.74) is 1.10.